The molecule has 0 aliphatic heterocycles. The van der Waals surface area contributed by atoms with E-state index in [9.17, 15) is 4.79 Å². The summed E-state index contributed by atoms with van der Waals surface area (Å²) in [5, 5.41) is 3.70. The number of carbonyl (C=O) groups is 1. The second kappa shape index (κ2) is 4.14. The molecule has 0 aliphatic rings. The standard InChI is InChI=1S/C11H10N2O3/c1-7-3-5-8(6-4-7)9-12-10(16-13-9)11(14)15-2/h3-6H,1-2H3. The summed E-state index contributed by atoms with van der Waals surface area (Å²) in [6.07, 6.45) is 0. The molecule has 1 aromatic carbocycles. The van der Waals surface area contributed by atoms with Crippen molar-refractivity contribution in [3.63, 3.8) is 0 Å². The maximum Gasteiger partial charge on any atom is 0.397 e. The first-order valence-corrected chi connectivity index (χ1v) is 4.70. The second-order valence-corrected chi connectivity index (χ2v) is 3.28. The van der Waals surface area contributed by atoms with Crippen LogP contribution in [-0.4, -0.2) is 23.2 Å². The molecule has 16 heavy (non-hydrogen) atoms. The third-order valence-electron chi connectivity index (χ3n) is 2.10. The number of aromatic nitrogens is 2. The highest BCUT2D eigenvalue weighted by Gasteiger charge is 2.15. The van der Waals surface area contributed by atoms with Gasteiger partial charge in [-0.15, -0.1) is 0 Å². The highest BCUT2D eigenvalue weighted by atomic mass is 16.6. The fourth-order valence-electron chi connectivity index (χ4n) is 1.21. The van der Waals surface area contributed by atoms with E-state index >= 15 is 0 Å². The lowest BCUT2D eigenvalue weighted by molar-refractivity contribution is 0.0545. The second-order valence-electron chi connectivity index (χ2n) is 3.28. The molecular formula is C11H10N2O3. The van der Waals surface area contributed by atoms with Crippen molar-refractivity contribution in [2.24, 2.45) is 0 Å². The van der Waals surface area contributed by atoms with Crippen LogP contribution in [0.3, 0.4) is 0 Å². The van der Waals surface area contributed by atoms with Crippen LogP contribution < -0.4 is 0 Å². The number of ether oxygens (including phenoxy) is 1. The fraction of sp³-hybridized carbons (Fsp3) is 0.182. The maximum atomic E-state index is 11.1. The van der Waals surface area contributed by atoms with Gasteiger partial charge in [-0.3, -0.25) is 0 Å². The van der Waals surface area contributed by atoms with Crippen molar-refractivity contribution in [1.82, 2.24) is 10.1 Å². The van der Waals surface area contributed by atoms with Crippen LogP contribution in [0.4, 0.5) is 0 Å². The number of benzene rings is 1. The topological polar surface area (TPSA) is 65.2 Å². The Kier molecular flexibility index (Phi) is 2.68. The summed E-state index contributed by atoms with van der Waals surface area (Å²) in [7, 11) is 1.26. The van der Waals surface area contributed by atoms with Gasteiger partial charge in [-0.1, -0.05) is 35.0 Å². The summed E-state index contributed by atoms with van der Waals surface area (Å²) in [6, 6.07) is 7.59. The van der Waals surface area contributed by atoms with E-state index in [1.807, 2.05) is 31.2 Å². The summed E-state index contributed by atoms with van der Waals surface area (Å²) in [4.78, 5) is 15.0. The van der Waals surface area contributed by atoms with Crippen LogP contribution >= 0.6 is 0 Å². The van der Waals surface area contributed by atoms with Crippen LogP contribution in [0.25, 0.3) is 11.4 Å². The summed E-state index contributed by atoms with van der Waals surface area (Å²) in [5.41, 5.74) is 1.94. The molecule has 82 valence electrons. The molecule has 5 nitrogen and oxygen atoms in total. The molecule has 0 fully saturated rings. The maximum absolute atomic E-state index is 11.1. The number of nitrogens with zero attached hydrogens (tertiary/aromatic N) is 2. The highest BCUT2D eigenvalue weighted by Crippen LogP contribution is 2.16. The normalized spacial score (nSPS) is 10.1. The van der Waals surface area contributed by atoms with Gasteiger partial charge in [0.15, 0.2) is 0 Å². The predicted molar refractivity (Wildman–Crippen MR) is 55.8 cm³/mol. The molecule has 0 aliphatic carbocycles. The average Bonchev–Trinajstić information content (AvgIpc) is 2.78. The number of carbonyl (C=O) groups excluding carboxylic acids is 1. The van der Waals surface area contributed by atoms with Gasteiger partial charge in [0.05, 0.1) is 7.11 Å². The summed E-state index contributed by atoms with van der Waals surface area (Å²) < 4.78 is 9.24. The van der Waals surface area contributed by atoms with E-state index in [0.29, 0.717) is 5.82 Å². The largest absolute Gasteiger partial charge is 0.462 e. The molecule has 0 amide bonds. The van der Waals surface area contributed by atoms with E-state index in [1.54, 1.807) is 0 Å². The van der Waals surface area contributed by atoms with Gasteiger partial charge < -0.3 is 9.26 Å². The minimum absolute atomic E-state index is 0.141. The molecular weight excluding hydrogens is 208 g/mol. The third kappa shape index (κ3) is 1.93. The number of hydrogen-bond acceptors (Lipinski definition) is 5. The molecule has 0 spiro atoms. The molecule has 5 heteroatoms. The molecule has 0 atom stereocenters. The van der Waals surface area contributed by atoms with Crippen LogP contribution in [0.15, 0.2) is 28.8 Å². The Balaban J connectivity index is 2.31. The number of methoxy groups -OCH3 is 1. The highest BCUT2D eigenvalue weighted by molar-refractivity contribution is 5.84. The van der Waals surface area contributed by atoms with Crippen molar-refractivity contribution in [2.45, 2.75) is 6.92 Å². The van der Waals surface area contributed by atoms with Crippen molar-refractivity contribution in [2.75, 3.05) is 7.11 Å². The van der Waals surface area contributed by atoms with Gasteiger partial charge in [0, 0.05) is 5.56 Å². The molecule has 0 bridgehead atoms. The van der Waals surface area contributed by atoms with E-state index in [0.717, 1.165) is 11.1 Å². The Morgan fingerprint density at radius 1 is 1.31 bits per heavy atom. The van der Waals surface area contributed by atoms with Gasteiger partial charge in [0.1, 0.15) is 0 Å². The van der Waals surface area contributed by atoms with Gasteiger partial charge in [-0.2, -0.15) is 4.98 Å². The van der Waals surface area contributed by atoms with Crippen molar-refractivity contribution in [3.8, 4) is 11.4 Å². The van der Waals surface area contributed by atoms with Gasteiger partial charge >= 0.3 is 11.9 Å². The summed E-state index contributed by atoms with van der Waals surface area (Å²) in [5.74, 6) is -0.399. The monoisotopic (exact) mass is 218 g/mol. The van der Waals surface area contributed by atoms with Crippen molar-refractivity contribution >= 4 is 5.97 Å². The van der Waals surface area contributed by atoms with Gasteiger partial charge in [-0.05, 0) is 6.92 Å². The minimum Gasteiger partial charge on any atom is -0.462 e. The smallest absolute Gasteiger partial charge is 0.397 e. The van der Waals surface area contributed by atoms with E-state index in [-0.39, 0.29) is 5.89 Å². The fourth-order valence-corrected chi connectivity index (χ4v) is 1.21. The average molecular weight is 218 g/mol. The lowest BCUT2D eigenvalue weighted by Gasteiger charge is -1.94. The number of aryl methyl sites for hydroxylation is 1. The first-order valence-electron chi connectivity index (χ1n) is 4.70. The molecule has 0 unspecified atom stereocenters. The van der Waals surface area contributed by atoms with Gasteiger partial charge in [0.25, 0.3) is 0 Å². The van der Waals surface area contributed by atoms with Gasteiger partial charge in [0.2, 0.25) is 5.82 Å². The number of esters is 1. The zero-order valence-corrected chi connectivity index (χ0v) is 8.93. The zero-order chi connectivity index (χ0) is 11.5. The quantitative estimate of drug-likeness (QED) is 0.719. The van der Waals surface area contributed by atoms with E-state index < -0.39 is 5.97 Å². The number of rotatable bonds is 2. The van der Waals surface area contributed by atoms with Crippen LogP contribution in [0.1, 0.15) is 16.2 Å². The molecule has 2 rings (SSSR count). The number of hydrogen-bond donors (Lipinski definition) is 0. The third-order valence-corrected chi connectivity index (χ3v) is 2.10. The molecule has 1 heterocycles. The Bertz CT molecular complexity index is 502. The van der Waals surface area contributed by atoms with E-state index in [1.165, 1.54) is 7.11 Å². The lowest BCUT2D eigenvalue weighted by Crippen LogP contribution is -2.00. The molecule has 0 saturated carbocycles. The minimum atomic E-state index is -0.633. The van der Waals surface area contributed by atoms with Crippen LogP contribution in [-0.2, 0) is 4.74 Å². The van der Waals surface area contributed by atoms with Crippen molar-refractivity contribution < 1.29 is 14.1 Å². The molecule has 0 saturated heterocycles. The Hall–Kier alpha value is -2.17. The Morgan fingerprint density at radius 2 is 2.00 bits per heavy atom. The van der Waals surface area contributed by atoms with Gasteiger partial charge in [-0.25, -0.2) is 4.79 Å². The first kappa shape index (κ1) is 10.4. The van der Waals surface area contributed by atoms with Crippen LogP contribution in [0, 0.1) is 6.92 Å². The predicted octanol–water partition coefficient (Wildman–Crippen LogP) is 1.83. The van der Waals surface area contributed by atoms with E-state index in [4.69, 9.17) is 4.52 Å². The van der Waals surface area contributed by atoms with Crippen molar-refractivity contribution in [3.05, 3.63) is 35.7 Å². The van der Waals surface area contributed by atoms with E-state index in [2.05, 4.69) is 14.9 Å². The SMILES string of the molecule is COC(=O)c1nc(-c2ccc(C)cc2)no1. The molecule has 0 N–H and O–H groups in total. The zero-order valence-electron chi connectivity index (χ0n) is 8.93. The lowest BCUT2D eigenvalue weighted by atomic mass is 10.1. The molecule has 0 radical (unpaired) electrons. The van der Waals surface area contributed by atoms with Crippen LogP contribution in [0.5, 0.6) is 0 Å². The molecule has 1 aromatic heterocycles. The molecule has 2 aromatic rings. The van der Waals surface area contributed by atoms with Crippen molar-refractivity contribution in [1.29, 1.82) is 0 Å². The summed E-state index contributed by atoms with van der Waals surface area (Å²) in [6.45, 7) is 1.99. The van der Waals surface area contributed by atoms with Crippen LogP contribution in [0.2, 0.25) is 0 Å². The Morgan fingerprint density at radius 3 is 2.62 bits per heavy atom. The summed E-state index contributed by atoms with van der Waals surface area (Å²) >= 11 is 0. The first-order chi connectivity index (χ1) is 7.70. The Labute approximate surface area is 92.0 Å².